The highest BCUT2D eigenvalue weighted by Crippen LogP contribution is 2.32. The van der Waals surface area contributed by atoms with Gasteiger partial charge in [-0.2, -0.15) is 0 Å². The Morgan fingerprint density at radius 1 is 1.42 bits per heavy atom. The van der Waals surface area contributed by atoms with E-state index in [1.807, 2.05) is 0 Å². The third kappa shape index (κ3) is 2.64. The first-order chi connectivity index (χ1) is 8.69. The van der Waals surface area contributed by atoms with E-state index in [1.54, 1.807) is 20.8 Å². The predicted molar refractivity (Wildman–Crippen MR) is 64.5 cm³/mol. The van der Waals surface area contributed by atoms with Crippen molar-refractivity contribution in [1.29, 1.82) is 0 Å². The average molecular weight is 270 g/mol. The number of hydrogen-bond donors (Lipinski definition) is 1. The maximum atomic E-state index is 12.0. The molecule has 0 aromatic rings. The Hall–Kier alpha value is -1.79. The van der Waals surface area contributed by atoms with Crippen LogP contribution in [0.5, 0.6) is 0 Å². The van der Waals surface area contributed by atoms with Gasteiger partial charge in [0.05, 0.1) is 6.04 Å². The van der Waals surface area contributed by atoms with E-state index in [0.717, 1.165) is 0 Å². The van der Waals surface area contributed by atoms with Gasteiger partial charge in [-0.25, -0.2) is 4.79 Å². The summed E-state index contributed by atoms with van der Waals surface area (Å²) in [5, 5.41) is 8.75. The number of carboxylic acid groups (broad SMARTS) is 1. The minimum absolute atomic E-state index is 0.207. The van der Waals surface area contributed by atoms with Crippen molar-refractivity contribution >= 4 is 18.0 Å². The lowest BCUT2D eigenvalue weighted by molar-refractivity contribution is -0.147. The molecule has 106 valence electrons. The first-order valence-electron chi connectivity index (χ1n) is 6.21. The minimum Gasteiger partial charge on any atom is -0.480 e. The molecule has 2 heterocycles. The summed E-state index contributed by atoms with van der Waals surface area (Å²) in [7, 11) is 0. The van der Waals surface area contributed by atoms with Crippen molar-refractivity contribution in [2.24, 2.45) is 0 Å². The molecule has 2 atom stereocenters. The van der Waals surface area contributed by atoms with Gasteiger partial charge in [0.15, 0.2) is 0 Å². The number of carbonyl (C=O) groups excluding carboxylic acids is 2. The molecule has 0 aromatic carbocycles. The molecule has 2 unspecified atom stereocenters. The lowest BCUT2D eigenvalue weighted by Gasteiger charge is -2.34. The quantitative estimate of drug-likeness (QED) is 0.779. The Balaban J connectivity index is 2.02. The van der Waals surface area contributed by atoms with Crippen molar-refractivity contribution in [1.82, 2.24) is 9.80 Å². The van der Waals surface area contributed by atoms with E-state index in [9.17, 15) is 14.4 Å². The molecule has 2 rings (SSSR count). The zero-order valence-electron chi connectivity index (χ0n) is 11.3. The summed E-state index contributed by atoms with van der Waals surface area (Å²) in [6, 6.07) is -0.777. The molecule has 2 aliphatic heterocycles. The number of amides is 2. The van der Waals surface area contributed by atoms with E-state index in [1.165, 1.54) is 9.80 Å². The second-order valence-corrected chi connectivity index (χ2v) is 5.90. The molecule has 7 nitrogen and oxygen atoms in total. The average Bonchev–Trinajstić information content (AvgIpc) is 2.76. The van der Waals surface area contributed by atoms with Crippen LogP contribution >= 0.6 is 0 Å². The Bertz CT molecular complexity index is 428. The monoisotopic (exact) mass is 270 g/mol. The van der Waals surface area contributed by atoms with Crippen LogP contribution in [0.25, 0.3) is 0 Å². The zero-order valence-corrected chi connectivity index (χ0v) is 11.3. The third-order valence-electron chi connectivity index (χ3n) is 3.22. The molecule has 2 amide bonds. The molecule has 0 radical (unpaired) electrons. The highest BCUT2D eigenvalue weighted by Gasteiger charge is 2.52. The molecule has 2 aliphatic rings. The number of aliphatic carboxylic acids is 1. The minimum atomic E-state index is -1.04. The molecule has 2 bridgehead atoms. The number of likely N-dealkylation sites (tertiary alicyclic amines) is 2. The maximum absolute atomic E-state index is 12.0. The van der Waals surface area contributed by atoms with Gasteiger partial charge in [0, 0.05) is 6.54 Å². The smallest absolute Gasteiger partial charge is 0.411 e. The Morgan fingerprint density at radius 2 is 2.05 bits per heavy atom. The maximum Gasteiger partial charge on any atom is 0.411 e. The van der Waals surface area contributed by atoms with Crippen LogP contribution in [0, 0.1) is 0 Å². The molecular formula is C12H18N2O5. The summed E-state index contributed by atoms with van der Waals surface area (Å²) in [5.41, 5.74) is -0.608. The van der Waals surface area contributed by atoms with E-state index in [0.29, 0.717) is 13.0 Å². The van der Waals surface area contributed by atoms with Gasteiger partial charge in [0.2, 0.25) is 5.91 Å². The molecule has 0 spiro atoms. The first-order valence-corrected chi connectivity index (χ1v) is 6.21. The summed E-state index contributed by atoms with van der Waals surface area (Å²) < 4.78 is 5.24. The van der Waals surface area contributed by atoms with Gasteiger partial charge in [-0.15, -0.1) is 0 Å². The summed E-state index contributed by atoms with van der Waals surface area (Å²) in [5.74, 6) is -1.34. The Labute approximate surface area is 111 Å². The van der Waals surface area contributed by atoms with E-state index < -0.39 is 23.7 Å². The van der Waals surface area contributed by atoms with Gasteiger partial charge < -0.3 is 14.7 Å². The number of rotatable bonds is 2. The van der Waals surface area contributed by atoms with Gasteiger partial charge in [0.1, 0.15) is 18.2 Å². The van der Waals surface area contributed by atoms with E-state index >= 15 is 0 Å². The van der Waals surface area contributed by atoms with Crippen molar-refractivity contribution in [3.63, 3.8) is 0 Å². The fourth-order valence-corrected chi connectivity index (χ4v) is 2.52. The van der Waals surface area contributed by atoms with Gasteiger partial charge in [-0.3, -0.25) is 14.5 Å². The Morgan fingerprint density at radius 3 is 2.53 bits per heavy atom. The van der Waals surface area contributed by atoms with Gasteiger partial charge in [-0.1, -0.05) is 0 Å². The second kappa shape index (κ2) is 4.40. The third-order valence-corrected chi connectivity index (χ3v) is 3.22. The topological polar surface area (TPSA) is 87.2 Å². The summed E-state index contributed by atoms with van der Waals surface area (Å²) in [6.45, 7) is 5.33. The highest BCUT2D eigenvalue weighted by molar-refractivity contribution is 5.92. The van der Waals surface area contributed by atoms with Crippen LogP contribution < -0.4 is 0 Å². The predicted octanol–water partition coefficient (Wildman–Crippen LogP) is 0.291. The normalized spacial score (nSPS) is 25.9. The number of carboxylic acids is 1. The second-order valence-electron chi connectivity index (χ2n) is 5.90. The first kappa shape index (κ1) is 13.6. The SMILES string of the molecule is CC(C)(C)OC(=O)N1CC2CC1C(=O)N2CC(=O)O. The van der Waals surface area contributed by atoms with Crippen molar-refractivity contribution in [3.8, 4) is 0 Å². The number of ether oxygens (including phenoxy) is 1. The van der Waals surface area contributed by atoms with Crippen LogP contribution in [-0.4, -0.2) is 63.7 Å². The number of hydrogen-bond acceptors (Lipinski definition) is 4. The summed E-state index contributed by atoms with van der Waals surface area (Å²) in [4.78, 5) is 37.3. The number of nitrogens with zero attached hydrogens (tertiary/aromatic N) is 2. The molecule has 2 fully saturated rings. The van der Waals surface area contributed by atoms with E-state index in [2.05, 4.69) is 0 Å². The van der Waals surface area contributed by atoms with Gasteiger partial charge in [0.25, 0.3) is 0 Å². The van der Waals surface area contributed by atoms with Crippen molar-refractivity contribution in [2.75, 3.05) is 13.1 Å². The number of piperazine rings is 1. The molecular weight excluding hydrogens is 252 g/mol. The van der Waals surface area contributed by atoms with Crippen molar-refractivity contribution in [2.45, 2.75) is 44.9 Å². The van der Waals surface area contributed by atoms with Crippen LogP contribution in [-0.2, 0) is 14.3 Å². The van der Waals surface area contributed by atoms with Crippen LogP contribution in [0.4, 0.5) is 4.79 Å². The number of carbonyl (C=O) groups is 3. The van der Waals surface area contributed by atoms with Crippen LogP contribution in [0.1, 0.15) is 27.2 Å². The van der Waals surface area contributed by atoms with Crippen molar-refractivity contribution < 1.29 is 24.2 Å². The van der Waals surface area contributed by atoms with E-state index in [-0.39, 0.29) is 18.5 Å². The summed E-state index contributed by atoms with van der Waals surface area (Å²) >= 11 is 0. The van der Waals surface area contributed by atoms with Gasteiger partial charge >= 0.3 is 12.1 Å². The lowest BCUT2D eigenvalue weighted by atomic mass is 10.2. The Kier molecular flexibility index (Phi) is 3.15. The lowest BCUT2D eigenvalue weighted by Crippen LogP contribution is -2.54. The number of fused-ring (bicyclic) bond motifs is 2. The molecule has 0 aliphatic carbocycles. The molecule has 0 saturated carbocycles. The van der Waals surface area contributed by atoms with Crippen LogP contribution in [0.3, 0.4) is 0 Å². The van der Waals surface area contributed by atoms with Crippen molar-refractivity contribution in [3.05, 3.63) is 0 Å². The molecule has 7 heteroatoms. The van der Waals surface area contributed by atoms with Crippen LogP contribution in [0.2, 0.25) is 0 Å². The fraction of sp³-hybridized carbons (Fsp3) is 0.750. The fourth-order valence-electron chi connectivity index (χ4n) is 2.52. The zero-order chi connectivity index (χ0) is 14.4. The standard InChI is InChI=1S/C12H18N2O5/c1-12(2,3)19-11(18)14-5-7-4-8(14)10(17)13(7)6-9(15)16/h7-8H,4-6H2,1-3H3,(H,15,16). The van der Waals surface area contributed by atoms with E-state index in [4.69, 9.17) is 9.84 Å². The highest BCUT2D eigenvalue weighted by atomic mass is 16.6. The molecule has 19 heavy (non-hydrogen) atoms. The van der Waals surface area contributed by atoms with Crippen LogP contribution in [0.15, 0.2) is 0 Å². The van der Waals surface area contributed by atoms with Gasteiger partial charge in [-0.05, 0) is 27.2 Å². The molecule has 0 aromatic heterocycles. The molecule has 1 N–H and O–H groups in total. The summed E-state index contributed by atoms with van der Waals surface area (Å²) in [6.07, 6.45) is -0.0194. The largest absolute Gasteiger partial charge is 0.480 e. The molecule has 2 saturated heterocycles.